The number of nitrogens with one attached hydrogen (secondary N) is 2. The molecule has 0 bridgehead atoms. The van der Waals surface area contributed by atoms with Crippen LogP contribution in [0.15, 0.2) is 100.0 Å². The Bertz CT molecular complexity index is 1600. The van der Waals surface area contributed by atoms with E-state index in [1.165, 1.54) is 6.08 Å². The molecule has 0 radical (unpaired) electrons. The minimum atomic E-state index is -0.822. The van der Waals surface area contributed by atoms with Gasteiger partial charge in [-0.05, 0) is 70.6 Å². The number of phenolic OH excluding ortho intramolecular Hbond substituents is 1. The molecular formula is C32H31Br2N3O4. The highest BCUT2D eigenvalue weighted by Crippen LogP contribution is 2.46. The summed E-state index contributed by atoms with van der Waals surface area (Å²) in [4.78, 5) is 25.7. The zero-order valence-corrected chi connectivity index (χ0v) is 25.8. The molecule has 0 spiro atoms. The average molecular weight is 681 g/mol. The van der Waals surface area contributed by atoms with Crippen molar-refractivity contribution in [1.29, 1.82) is 0 Å². The Labute approximate surface area is 256 Å². The van der Waals surface area contributed by atoms with Gasteiger partial charge in [0, 0.05) is 20.8 Å². The largest absolute Gasteiger partial charge is 0.506 e. The predicted octanol–water partition coefficient (Wildman–Crippen LogP) is 8.94. The van der Waals surface area contributed by atoms with E-state index in [0.717, 1.165) is 10.8 Å². The summed E-state index contributed by atoms with van der Waals surface area (Å²) in [7, 11) is 0. The Balaban J connectivity index is 1.52. The van der Waals surface area contributed by atoms with Crippen LogP contribution in [0.4, 0.5) is 21.9 Å². The summed E-state index contributed by atoms with van der Waals surface area (Å²) in [5.41, 5.74) is 7.37. The first kappa shape index (κ1) is 30.1. The molecule has 0 saturated carbocycles. The number of nitrogens with two attached hydrogens (primary N) is 1. The first-order valence-corrected chi connectivity index (χ1v) is 14.6. The lowest BCUT2D eigenvalue weighted by atomic mass is 9.78. The molecule has 0 unspecified atom stereocenters. The molecule has 0 aliphatic rings. The van der Waals surface area contributed by atoms with E-state index in [1.807, 2.05) is 56.3 Å². The summed E-state index contributed by atoms with van der Waals surface area (Å²) in [5.74, 6) is -0.309. The molecule has 5 N–H and O–H groups in total. The number of para-hydroxylation sites is 2. The number of phenols is 1. The number of anilines is 3. The van der Waals surface area contributed by atoms with Crippen LogP contribution in [-0.2, 0) is 9.53 Å². The molecule has 212 valence electrons. The molecule has 1 atom stereocenters. The molecule has 9 heteroatoms. The topological polar surface area (TPSA) is 114 Å². The lowest BCUT2D eigenvalue weighted by Crippen LogP contribution is -2.29. The summed E-state index contributed by atoms with van der Waals surface area (Å²) in [6.45, 7) is 3.91. The van der Waals surface area contributed by atoms with Gasteiger partial charge in [0.25, 0.3) is 0 Å². The molecule has 41 heavy (non-hydrogen) atoms. The van der Waals surface area contributed by atoms with E-state index in [1.54, 1.807) is 42.5 Å². The first-order chi connectivity index (χ1) is 19.5. The maximum atomic E-state index is 13.3. The van der Waals surface area contributed by atoms with Crippen LogP contribution in [0, 0.1) is 5.41 Å². The van der Waals surface area contributed by atoms with Crippen molar-refractivity contribution in [3.8, 4) is 5.75 Å². The Morgan fingerprint density at radius 1 is 0.976 bits per heavy atom. The van der Waals surface area contributed by atoms with Gasteiger partial charge in [-0.3, -0.25) is 10.1 Å². The monoisotopic (exact) mass is 679 g/mol. The van der Waals surface area contributed by atoms with E-state index in [4.69, 9.17) is 10.5 Å². The number of carbonyl (C=O) groups is 2. The summed E-state index contributed by atoms with van der Waals surface area (Å²) < 4.78 is 7.23. The van der Waals surface area contributed by atoms with Gasteiger partial charge in [0.05, 0.1) is 21.5 Å². The number of aromatic hydroxyl groups is 1. The second kappa shape index (κ2) is 13.2. The predicted molar refractivity (Wildman–Crippen MR) is 172 cm³/mol. The van der Waals surface area contributed by atoms with E-state index >= 15 is 0 Å². The van der Waals surface area contributed by atoms with Crippen LogP contribution in [0.1, 0.15) is 38.4 Å². The molecule has 0 aromatic heterocycles. The van der Waals surface area contributed by atoms with E-state index in [9.17, 15) is 14.7 Å². The molecule has 2 amide bonds. The summed E-state index contributed by atoms with van der Waals surface area (Å²) in [6, 6.07) is 23.9. The number of allylic oxidation sites excluding steroid dienone is 1. The Hall–Kier alpha value is -3.82. The fourth-order valence-corrected chi connectivity index (χ4v) is 5.83. The summed E-state index contributed by atoms with van der Waals surface area (Å²) in [6.07, 6.45) is 2.81. The van der Waals surface area contributed by atoms with Crippen molar-refractivity contribution in [2.75, 3.05) is 16.4 Å². The Morgan fingerprint density at radius 3 is 2.44 bits per heavy atom. The van der Waals surface area contributed by atoms with Crippen LogP contribution < -0.4 is 16.4 Å². The number of benzene rings is 4. The van der Waals surface area contributed by atoms with E-state index in [2.05, 4.69) is 42.5 Å². The van der Waals surface area contributed by atoms with Gasteiger partial charge in [0.15, 0.2) is 0 Å². The lowest BCUT2D eigenvalue weighted by Gasteiger charge is -2.34. The Kier molecular flexibility index (Phi) is 9.73. The number of rotatable bonds is 9. The fraction of sp³-hybridized carbons (Fsp3) is 0.188. The van der Waals surface area contributed by atoms with Gasteiger partial charge >= 0.3 is 6.09 Å². The van der Waals surface area contributed by atoms with Crippen LogP contribution >= 0.6 is 31.9 Å². The SMILES string of the molecule is CC(C)(CC/C=C/C(=O)Nc1ccccc1N)[C@H](OC(=O)Nc1cccc2ccccc12)c1cc(Br)cc(Br)c1O. The second-order valence-electron chi connectivity index (χ2n) is 10.3. The highest BCUT2D eigenvalue weighted by Gasteiger charge is 2.36. The number of halogens is 2. The van der Waals surface area contributed by atoms with Crippen molar-refractivity contribution in [2.24, 2.45) is 5.41 Å². The fourth-order valence-electron chi connectivity index (χ4n) is 4.57. The number of nitrogen functional groups attached to an aromatic ring is 1. The molecule has 0 heterocycles. The van der Waals surface area contributed by atoms with Crippen molar-refractivity contribution in [1.82, 2.24) is 0 Å². The van der Waals surface area contributed by atoms with Crippen molar-refractivity contribution in [3.05, 3.63) is 106 Å². The summed E-state index contributed by atoms with van der Waals surface area (Å²) in [5, 5.41) is 18.5. The van der Waals surface area contributed by atoms with Crippen molar-refractivity contribution >= 4 is 71.7 Å². The van der Waals surface area contributed by atoms with Crippen molar-refractivity contribution in [2.45, 2.75) is 32.8 Å². The number of ether oxygens (including phenoxy) is 1. The highest BCUT2D eigenvalue weighted by atomic mass is 79.9. The van der Waals surface area contributed by atoms with E-state index in [0.29, 0.717) is 44.4 Å². The Morgan fingerprint density at radius 2 is 1.66 bits per heavy atom. The smallest absolute Gasteiger partial charge is 0.412 e. The zero-order chi connectivity index (χ0) is 29.6. The van der Waals surface area contributed by atoms with Crippen molar-refractivity contribution in [3.63, 3.8) is 0 Å². The van der Waals surface area contributed by atoms with Gasteiger partial charge in [-0.25, -0.2) is 4.79 Å². The molecule has 0 fully saturated rings. The van der Waals surface area contributed by atoms with Gasteiger partial charge in [0.2, 0.25) is 5.91 Å². The number of amides is 2. The van der Waals surface area contributed by atoms with Crippen molar-refractivity contribution < 1.29 is 19.4 Å². The average Bonchev–Trinajstić information content (AvgIpc) is 2.93. The number of carbonyl (C=O) groups excluding carboxylic acids is 2. The van der Waals surface area contributed by atoms with Crippen LogP contribution in [0.5, 0.6) is 5.75 Å². The van der Waals surface area contributed by atoms with Crippen LogP contribution in [0.2, 0.25) is 0 Å². The normalized spacial score (nSPS) is 12.3. The third-order valence-corrected chi connectivity index (χ3v) is 7.81. The van der Waals surface area contributed by atoms with Gasteiger partial charge < -0.3 is 20.9 Å². The first-order valence-electron chi connectivity index (χ1n) is 13.0. The van der Waals surface area contributed by atoms with Gasteiger partial charge in [-0.15, -0.1) is 0 Å². The van der Waals surface area contributed by atoms with E-state index < -0.39 is 17.6 Å². The molecule has 0 saturated heterocycles. The zero-order valence-electron chi connectivity index (χ0n) is 22.7. The third kappa shape index (κ3) is 7.68. The minimum Gasteiger partial charge on any atom is -0.506 e. The van der Waals surface area contributed by atoms with Crippen LogP contribution in [0.25, 0.3) is 10.8 Å². The van der Waals surface area contributed by atoms with Crippen LogP contribution in [-0.4, -0.2) is 17.1 Å². The molecule has 0 aliphatic heterocycles. The standard InChI is InChI=1S/C32H31Br2N3O4/c1-32(2,17-8-7-16-28(38)36-27-14-6-5-13-25(27)35)30(23-18-21(33)19-24(34)29(23)39)41-31(40)37-26-15-9-11-20-10-3-4-12-22(20)26/h3-7,9-16,18-19,30,39H,8,17,35H2,1-2H3,(H,36,38)(H,37,40)/b16-7+/t30-/m1/s1. The second-order valence-corrected chi connectivity index (χ2v) is 12.0. The summed E-state index contributed by atoms with van der Waals surface area (Å²) >= 11 is 6.87. The lowest BCUT2D eigenvalue weighted by molar-refractivity contribution is -0.111. The van der Waals surface area contributed by atoms with Gasteiger partial charge in [-0.2, -0.15) is 0 Å². The molecule has 4 rings (SSSR count). The minimum absolute atomic E-state index is 0.0143. The third-order valence-electron chi connectivity index (χ3n) is 6.74. The van der Waals surface area contributed by atoms with Crippen LogP contribution in [0.3, 0.4) is 0 Å². The number of fused-ring (bicyclic) bond motifs is 1. The van der Waals surface area contributed by atoms with Gasteiger partial charge in [0.1, 0.15) is 11.9 Å². The molecule has 4 aromatic rings. The maximum Gasteiger partial charge on any atom is 0.412 e. The maximum absolute atomic E-state index is 13.3. The molecule has 0 aliphatic carbocycles. The number of hydrogen-bond acceptors (Lipinski definition) is 5. The van der Waals surface area contributed by atoms with Gasteiger partial charge in [-0.1, -0.05) is 84.4 Å². The molecular weight excluding hydrogens is 650 g/mol. The highest BCUT2D eigenvalue weighted by molar-refractivity contribution is 9.11. The molecule has 7 nitrogen and oxygen atoms in total. The van der Waals surface area contributed by atoms with E-state index in [-0.39, 0.29) is 11.7 Å². The quantitative estimate of drug-likeness (QED) is 0.104. The number of hydrogen-bond donors (Lipinski definition) is 4. The molecule has 4 aromatic carbocycles.